The highest BCUT2D eigenvalue weighted by Gasteiger charge is 2.19. The van der Waals surface area contributed by atoms with Gasteiger partial charge in [-0.05, 0) is 42.3 Å². The molecule has 2 unspecified atom stereocenters. The molecule has 0 radical (unpaired) electrons. The molecule has 2 heterocycles. The van der Waals surface area contributed by atoms with E-state index in [0.717, 1.165) is 10.9 Å². The van der Waals surface area contributed by atoms with E-state index in [0.29, 0.717) is 0 Å². The first-order chi connectivity index (χ1) is 8.16. The second-order valence-corrected chi connectivity index (χ2v) is 5.82. The molecule has 0 saturated heterocycles. The summed E-state index contributed by atoms with van der Waals surface area (Å²) < 4.78 is 0. The summed E-state index contributed by atoms with van der Waals surface area (Å²) in [5.41, 5.74) is 8.27. The number of rotatable bonds is 4. The van der Waals surface area contributed by atoms with Crippen LogP contribution in [0.5, 0.6) is 0 Å². The normalized spacial score (nSPS) is 14.5. The molecule has 3 nitrogen and oxygen atoms in total. The van der Waals surface area contributed by atoms with Crippen molar-refractivity contribution in [2.75, 3.05) is 0 Å². The second-order valence-electron chi connectivity index (χ2n) is 3.93. The number of hydrogen-bond acceptors (Lipinski definition) is 5. The number of aromatic nitrogens is 2. The molecule has 2 aromatic rings. The number of aryl methyl sites for hydroxylation is 1. The van der Waals surface area contributed by atoms with Gasteiger partial charge in [0.05, 0.1) is 5.25 Å². The molecule has 0 aliphatic heterocycles. The van der Waals surface area contributed by atoms with Gasteiger partial charge in [-0.3, -0.25) is 0 Å². The van der Waals surface area contributed by atoms with Crippen molar-refractivity contribution in [3.63, 3.8) is 0 Å². The summed E-state index contributed by atoms with van der Waals surface area (Å²) >= 11 is 3.32. The largest absolute Gasteiger partial charge is 0.327 e. The lowest BCUT2D eigenvalue weighted by Crippen LogP contribution is -2.22. The zero-order valence-electron chi connectivity index (χ0n) is 9.83. The van der Waals surface area contributed by atoms with Gasteiger partial charge in [0.25, 0.3) is 0 Å². The van der Waals surface area contributed by atoms with Crippen molar-refractivity contribution in [3.8, 4) is 0 Å². The van der Waals surface area contributed by atoms with Gasteiger partial charge in [0.15, 0.2) is 5.16 Å². The van der Waals surface area contributed by atoms with Gasteiger partial charge < -0.3 is 5.73 Å². The number of thiophene rings is 1. The Hall–Kier alpha value is -0.910. The van der Waals surface area contributed by atoms with E-state index in [4.69, 9.17) is 5.73 Å². The van der Waals surface area contributed by atoms with E-state index in [9.17, 15) is 0 Å². The molecule has 0 bridgehead atoms. The standard InChI is InChI=1S/C12H15N3S2/c1-8-3-5-14-12(15-8)17-11(9(2)13)10-4-6-16-7-10/h3-7,9,11H,13H2,1-2H3. The quantitative estimate of drug-likeness (QED) is 0.682. The molecule has 2 aromatic heterocycles. The Balaban J connectivity index is 2.19. The van der Waals surface area contributed by atoms with Gasteiger partial charge in [0, 0.05) is 17.9 Å². The van der Waals surface area contributed by atoms with Crippen LogP contribution in [-0.4, -0.2) is 16.0 Å². The van der Waals surface area contributed by atoms with Crippen LogP contribution in [0.2, 0.25) is 0 Å². The molecular weight excluding hydrogens is 250 g/mol. The monoisotopic (exact) mass is 265 g/mol. The summed E-state index contributed by atoms with van der Waals surface area (Å²) in [6.45, 7) is 3.99. The van der Waals surface area contributed by atoms with Crippen LogP contribution >= 0.6 is 23.1 Å². The Morgan fingerprint density at radius 2 is 2.24 bits per heavy atom. The zero-order chi connectivity index (χ0) is 12.3. The van der Waals surface area contributed by atoms with Crippen LogP contribution in [0.3, 0.4) is 0 Å². The average Bonchev–Trinajstić information content (AvgIpc) is 2.78. The van der Waals surface area contributed by atoms with E-state index in [-0.39, 0.29) is 11.3 Å². The summed E-state index contributed by atoms with van der Waals surface area (Å²) in [5, 5.41) is 5.21. The first-order valence-corrected chi connectivity index (χ1v) is 7.23. The maximum atomic E-state index is 6.04. The van der Waals surface area contributed by atoms with Crippen LogP contribution in [0.4, 0.5) is 0 Å². The summed E-state index contributed by atoms with van der Waals surface area (Å²) in [5.74, 6) is 0. The lowest BCUT2D eigenvalue weighted by molar-refractivity contribution is 0.719. The molecule has 0 saturated carbocycles. The molecule has 90 valence electrons. The highest BCUT2D eigenvalue weighted by molar-refractivity contribution is 7.99. The van der Waals surface area contributed by atoms with Gasteiger partial charge >= 0.3 is 0 Å². The Kier molecular flexibility index (Phi) is 4.15. The highest BCUT2D eigenvalue weighted by Crippen LogP contribution is 2.36. The molecule has 0 fully saturated rings. The summed E-state index contributed by atoms with van der Waals surface area (Å²) in [6.07, 6.45) is 1.79. The van der Waals surface area contributed by atoms with Crippen molar-refractivity contribution in [2.45, 2.75) is 30.3 Å². The molecule has 0 aliphatic rings. The second kappa shape index (κ2) is 5.62. The maximum absolute atomic E-state index is 6.04. The van der Waals surface area contributed by atoms with Crippen LogP contribution in [0.1, 0.15) is 23.4 Å². The van der Waals surface area contributed by atoms with Gasteiger partial charge in [0.1, 0.15) is 0 Å². The predicted octanol–water partition coefficient (Wildman–Crippen LogP) is 3.03. The van der Waals surface area contributed by atoms with Gasteiger partial charge in [-0.15, -0.1) is 0 Å². The van der Waals surface area contributed by atoms with E-state index >= 15 is 0 Å². The fraction of sp³-hybridized carbons (Fsp3) is 0.333. The van der Waals surface area contributed by atoms with E-state index in [1.165, 1.54) is 5.56 Å². The van der Waals surface area contributed by atoms with Crippen molar-refractivity contribution >= 4 is 23.1 Å². The zero-order valence-corrected chi connectivity index (χ0v) is 11.5. The fourth-order valence-corrected chi connectivity index (χ4v) is 3.34. The molecule has 5 heteroatoms. The molecule has 0 amide bonds. The Morgan fingerprint density at radius 3 is 2.82 bits per heavy atom. The third-order valence-corrected chi connectivity index (χ3v) is 4.42. The SMILES string of the molecule is Cc1ccnc(SC(c2ccsc2)C(C)N)n1. The third kappa shape index (κ3) is 3.28. The lowest BCUT2D eigenvalue weighted by atomic mass is 10.1. The van der Waals surface area contributed by atoms with E-state index in [2.05, 4.69) is 26.8 Å². The van der Waals surface area contributed by atoms with Gasteiger partial charge in [-0.2, -0.15) is 11.3 Å². The molecular formula is C12H15N3S2. The molecule has 0 spiro atoms. The Morgan fingerprint density at radius 1 is 1.41 bits per heavy atom. The summed E-state index contributed by atoms with van der Waals surface area (Å²) in [4.78, 5) is 8.68. The van der Waals surface area contributed by atoms with Crippen molar-refractivity contribution in [2.24, 2.45) is 5.73 Å². The van der Waals surface area contributed by atoms with Crippen LogP contribution in [0.15, 0.2) is 34.2 Å². The van der Waals surface area contributed by atoms with E-state index in [1.54, 1.807) is 29.3 Å². The van der Waals surface area contributed by atoms with Crippen molar-refractivity contribution in [1.82, 2.24) is 9.97 Å². The number of nitrogens with two attached hydrogens (primary N) is 1. The van der Waals surface area contributed by atoms with Crippen molar-refractivity contribution in [3.05, 3.63) is 40.3 Å². The average molecular weight is 265 g/mol. The lowest BCUT2D eigenvalue weighted by Gasteiger charge is -2.18. The van der Waals surface area contributed by atoms with Crippen molar-refractivity contribution in [1.29, 1.82) is 0 Å². The topological polar surface area (TPSA) is 51.8 Å². The summed E-state index contributed by atoms with van der Waals surface area (Å²) in [7, 11) is 0. The molecule has 0 aromatic carbocycles. The molecule has 0 aliphatic carbocycles. The first kappa shape index (κ1) is 12.5. The Labute approximate surface area is 109 Å². The number of thioether (sulfide) groups is 1. The van der Waals surface area contributed by atoms with Gasteiger partial charge in [-0.25, -0.2) is 9.97 Å². The van der Waals surface area contributed by atoms with Crippen LogP contribution in [0, 0.1) is 6.92 Å². The van der Waals surface area contributed by atoms with E-state index < -0.39 is 0 Å². The summed E-state index contributed by atoms with van der Waals surface area (Å²) in [6, 6.07) is 4.08. The van der Waals surface area contributed by atoms with Crippen LogP contribution in [0.25, 0.3) is 0 Å². The molecule has 17 heavy (non-hydrogen) atoms. The van der Waals surface area contributed by atoms with Gasteiger partial charge in [0.2, 0.25) is 0 Å². The molecule has 2 N–H and O–H groups in total. The predicted molar refractivity (Wildman–Crippen MR) is 73.3 cm³/mol. The first-order valence-electron chi connectivity index (χ1n) is 5.41. The van der Waals surface area contributed by atoms with E-state index in [1.807, 2.05) is 19.9 Å². The maximum Gasteiger partial charge on any atom is 0.188 e. The minimum atomic E-state index is 0.0683. The minimum Gasteiger partial charge on any atom is -0.327 e. The van der Waals surface area contributed by atoms with Gasteiger partial charge in [-0.1, -0.05) is 11.8 Å². The van der Waals surface area contributed by atoms with Crippen LogP contribution in [-0.2, 0) is 0 Å². The Bertz CT molecular complexity index is 468. The smallest absolute Gasteiger partial charge is 0.188 e. The number of hydrogen-bond donors (Lipinski definition) is 1. The minimum absolute atomic E-state index is 0.0683. The molecule has 2 atom stereocenters. The highest BCUT2D eigenvalue weighted by atomic mass is 32.2. The third-order valence-electron chi connectivity index (χ3n) is 2.35. The molecule has 2 rings (SSSR count). The van der Waals surface area contributed by atoms with Crippen molar-refractivity contribution < 1.29 is 0 Å². The number of nitrogens with zero attached hydrogens (tertiary/aromatic N) is 2. The van der Waals surface area contributed by atoms with Crippen LogP contribution < -0.4 is 5.73 Å². The fourth-order valence-electron chi connectivity index (χ4n) is 1.51.